The number of benzene rings is 1. The van der Waals surface area contributed by atoms with Gasteiger partial charge < -0.3 is 10.8 Å². The van der Waals surface area contributed by atoms with Gasteiger partial charge in [-0.1, -0.05) is 11.6 Å². The van der Waals surface area contributed by atoms with Gasteiger partial charge in [0.2, 0.25) is 0 Å². The second-order valence-electron chi connectivity index (χ2n) is 2.78. The Morgan fingerprint density at radius 2 is 2.00 bits per heavy atom. The number of hydrogen-bond acceptors (Lipinski definition) is 2. The van der Waals surface area contributed by atoms with E-state index in [0.29, 0.717) is 0 Å². The molecule has 0 atom stereocenters. The summed E-state index contributed by atoms with van der Waals surface area (Å²) in [5.41, 5.74) is 4.79. The molecule has 0 saturated heterocycles. The van der Waals surface area contributed by atoms with Crippen molar-refractivity contribution in [3.8, 4) is 5.75 Å². The van der Waals surface area contributed by atoms with Crippen molar-refractivity contribution in [3.05, 3.63) is 22.7 Å². The van der Waals surface area contributed by atoms with E-state index in [0.717, 1.165) is 19.1 Å². The normalized spacial score (nSPS) is 11.7. The molecule has 2 nitrogen and oxygen atoms in total. The molecule has 0 heterocycles. The predicted molar refractivity (Wildman–Crippen MR) is 47.1 cm³/mol. The molecule has 72 valence electrons. The number of phenolic OH excluding ortho intramolecular Hbond substituents is 1. The van der Waals surface area contributed by atoms with Gasteiger partial charge in [0.1, 0.15) is 0 Å². The van der Waals surface area contributed by atoms with Crippen LogP contribution in [0.2, 0.25) is 5.02 Å². The zero-order chi connectivity index (χ0) is 10.2. The van der Waals surface area contributed by atoms with Crippen LogP contribution in [0.25, 0.3) is 0 Å². The summed E-state index contributed by atoms with van der Waals surface area (Å²) in [6.07, 6.45) is 0. The molecule has 1 rings (SSSR count). The monoisotopic (exact) mass is 207 g/mol. The average molecular weight is 208 g/mol. The molecule has 0 bridgehead atoms. The minimum Gasteiger partial charge on any atom is -0.504 e. The van der Waals surface area contributed by atoms with E-state index in [4.69, 9.17) is 22.4 Å². The van der Waals surface area contributed by atoms with Gasteiger partial charge in [-0.3, -0.25) is 0 Å². The Balaban J connectivity index is 3.29. The Kier molecular flexibility index (Phi) is 2.34. The number of hydrogen-bond donors (Lipinski definition) is 2. The van der Waals surface area contributed by atoms with Crippen molar-refractivity contribution < 1.29 is 13.9 Å². The van der Waals surface area contributed by atoms with Gasteiger partial charge in [0.25, 0.3) is 5.92 Å². The van der Waals surface area contributed by atoms with E-state index in [-0.39, 0.29) is 22.0 Å². The average Bonchev–Trinajstić information content (AvgIpc) is 1.97. The van der Waals surface area contributed by atoms with Gasteiger partial charge in [0, 0.05) is 12.5 Å². The molecule has 0 fully saturated rings. The summed E-state index contributed by atoms with van der Waals surface area (Å²) >= 11 is 5.46. The van der Waals surface area contributed by atoms with E-state index in [2.05, 4.69) is 0 Å². The van der Waals surface area contributed by atoms with Crippen molar-refractivity contribution in [1.82, 2.24) is 0 Å². The van der Waals surface area contributed by atoms with Crippen molar-refractivity contribution >= 4 is 17.3 Å². The van der Waals surface area contributed by atoms with Gasteiger partial charge >= 0.3 is 0 Å². The smallest absolute Gasteiger partial charge is 0.270 e. The molecule has 3 N–H and O–H groups in total. The lowest BCUT2D eigenvalue weighted by Gasteiger charge is -2.12. The van der Waals surface area contributed by atoms with Crippen LogP contribution in [0.1, 0.15) is 12.5 Å². The molecular weight excluding hydrogens is 200 g/mol. The molecule has 0 spiro atoms. The fourth-order valence-electron chi connectivity index (χ4n) is 0.874. The number of alkyl halides is 2. The van der Waals surface area contributed by atoms with Crippen LogP contribution in [0.15, 0.2) is 12.1 Å². The lowest BCUT2D eigenvalue weighted by Crippen LogP contribution is -2.07. The summed E-state index contributed by atoms with van der Waals surface area (Å²) in [5, 5.41) is 8.92. The Morgan fingerprint density at radius 1 is 1.46 bits per heavy atom. The number of anilines is 1. The van der Waals surface area contributed by atoms with Crippen LogP contribution in [0.5, 0.6) is 5.75 Å². The zero-order valence-corrected chi connectivity index (χ0v) is 7.57. The number of aromatic hydroxyl groups is 1. The third-order valence-corrected chi connectivity index (χ3v) is 1.89. The van der Waals surface area contributed by atoms with Crippen LogP contribution >= 0.6 is 11.6 Å². The van der Waals surface area contributed by atoms with Gasteiger partial charge in [-0.15, -0.1) is 0 Å². The largest absolute Gasteiger partial charge is 0.504 e. The minimum atomic E-state index is -3.01. The highest BCUT2D eigenvalue weighted by atomic mass is 35.5. The standard InChI is InChI=1S/C8H8ClF2NO/c1-8(10,11)4-2-5(9)7(13)6(12)3-4/h2-3,13H,12H2,1H3. The molecule has 0 radical (unpaired) electrons. The Hall–Kier alpha value is -1.03. The fraction of sp³-hybridized carbons (Fsp3) is 0.250. The second-order valence-corrected chi connectivity index (χ2v) is 3.19. The van der Waals surface area contributed by atoms with Crippen LogP contribution < -0.4 is 5.73 Å². The summed E-state index contributed by atoms with van der Waals surface area (Å²) in [4.78, 5) is 0. The van der Waals surface area contributed by atoms with E-state index in [9.17, 15) is 8.78 Å². The van der Waals surface area contributed by atoms with Crippen LogP contribution in [-0.2, 0) is 5.92 Å². The Labute approximate surface area is 78.9 Å². The topological polar surface area (TPSA) is 46.2 Å². The van der Waals surface area contributed by atoms with E-state index in [1.165, 1.54) is 0 Å². The zero-order valence-electron chi connectivity index (χ0n) is 6.81. The van der Waals surface area contributed by atoms with Gasteiger partial charge in [-0.05, 0) is 12.1 Å². The van der Waals surface area contributed by atoms with Crippen LogP contribution in [0.3, 0.4) is 0 Å². The maximum atomic E-state index is 12.8. The molecule has 0 aliphatic rings. The molecule has 0 amide bonds. The van der Waals surface area contributed by atoms with Crippen molar-refractivity contribution in [3.63, 3.8) is 0 Å². The van der Waals surface area contributed by atoms with E-state index < -0.39 is 5.92 Å². The van der Waals surface area contributed by atoms with Crippen molar-refractivity contribution in [2.45, 2.75) is 12.8 Å². The number of nitrogens with two attached hydrogens (primary N) is 1. The summed E-state index contributed by atoms with van der Waals surface area (Å²) in [5.74, 6) is -3.37. The van der Waals surface area contributed by atoms with Crippen molar-refractivity contribution in [2.75, 3.05) is 5.73 Å². The first-order valence-electron chi connectivity index (χ1n) is 3.48. The van der Waals surface area contributed by atoms with E-state index >= 15 is 0 Å². The molecule has 0 unspecified atom stereocenters. The first-order valence-corrected chi connectivity index (χ1v) is 3.86. The molecule has 1 aromatic rings. The number of halogens is 3. The van der Waals surface area contributed by atoms with Gasteiger partial charge in [0.05, 0.1) is 10.7 Å². The molecule has 5 heteroatoms. The molecule has 0 aliphatic heterocycles. The maximum Gasteiger partial charge on any atom is 0.270 e. The highest BCUT2D eigenvalue weighted by Gasteiger charge is 2.25. The van der Waals surface area contributed by atoms with Crippen LogP contribution in [-0.4, -0.2) is 5.11 Å². The predicted octanol–water partition coefficient (Wildman–Crippen LogP) is 2.74. The molecule has 0 aliphatic carbocycles. The molecule has 0 saturated carbocycles. The fourth-order valence-corrected chi connectivity index (χ4v) is 1.10. The Bertz CT molecular complexity index is 312. The maximum absolute atomic E-state index is 12.8. The van der Waals surface area contributed by atoms with Gasteiger partial charge in [0.15, 0.2) is 5.75 Å². The summed E-state index contributed by atoms with van der Waals surface area (Å²) < 4.78 is 25.5. The number of nitrogen functional groups attached to an aromatic ring is 1. The lowest BCUT2D eigenvalue weighted by molar-refractivity contribution is 0.0175. The Morgan fingerprint density at radius 3 is 2.38 bits per heavy atom. The van der Waals surface area contributed by atoms with E-state index in [1.54, 1.807) is 0 Å². The number of rotatable bonds is 1. The second kappa shape index (κ2) is 3.03. The van der Waals surface area contributed by atoms with Gasteiger partial charge in [-0.25, -0.2) is 8.78 Å². The third kappa shape index (κ3) is 2.01. The number of phenols is 1. The van der Waals surface area contributed by atoms with Crippen LogP contribution in [0.4, 0.5) is 14.5 Å². The first kappa shape index (κ1) is 10.1. The highest BCUT2D eigenvalue weighted by molar-refractivity contribution is 6.32. The molecule has 0 aromatic heterocycles. The van der Waals surface area contributed by atoms with Crippen LogP contribution in [0, 0.1) is 0 Å². The quantitative estimate of drug-likeness (QED) is 0.550. The summed E-state index contributed by atoms with van der Waals surface area (Å²) in [6.45, 7) is 0.731. The van der Waals surface area contributed by atoms with Crippen molar-refractivity contribution in [2.24, 2.45) is 0 Å². The molecular formula is C8H8ClF2NO. The molecule has 13 heavy (non-hydrogen) atoms. The van der Waals surface area contributed by atoms with Crippen molar-refractivity contribution in [1.29, 1.82) is 0 Å². The molecule has 1 aromatic carbocycles. The summed E-state index contributed by atoms with van der Waals surface area (Å²) in [7, 11) is 0. The highest BCUT2D eigenvalue weighted by Crippen LogP contribution is 2.36. The summed E-state index contributed by atoms with van der Waals surface area (Å²) in [6, 6.07) is 1.99. The minimum absolute atomic E-state index is 0.149. The van der Waals surface area contributed by atoms with Gasteiger partial charge in [-0.2, -0.15) is 0 Å². The third-order valence-electron chi connectivity index (χ3n) is 1.60. The van der Waals surface area contributed by atoms with E-state index in [1.807, 2.05) is 0 Å². The lowest BCUT2D eigenvalue weighted by atomic mass is 10.1. The first-order chi connectivity index (χ1) is 5.82. The SMILES string of the molecule is CC(F)(F)c1cc(N)c(O)c(Cl)c1.